The molecular weight excluding hydrogens is 261 g/mol. The predicted molar refractivity (Wildman–Crippen MR) is 62.6 cm³/mol. The van der Waals surface area contributed by atoms with E-state index in [1.165, 1.54) is 6.20 Å². The van der Waals surface area contributed by atoms with Crippen molar-refractivity contribution in [3.05, 3.63) is 36.0 Å². The van der Waals surface area contributed by atoms with E-state index in [1.54, 1.807) is 24.3 Å². The number of aromatic nitrogens is 1. The molecular formula is C12H11F3N2O2. The van der Waals surface area contributed by atoms with E-state index in [0.717, 1.165) is 16.2 Å². The summed E-state index contributed by atoms with van der Waals surface area (Å²) >= 11 is 0. The Morgan fingerprint density at radius 2 is 2.05 bits per heavy atom. The van der Waals surface area contributed by atoms with Crippen LogP contribution in [0.2, 0.25) is 0 Å². The number of carbonyl (C=O) groups is 1. The predicted octanol–water partition coefficient (Wildman–Crippen LogP) is 2.27. The van der Waals surface area contributed by atoms with E-state index in [9.17, 15) is 18.0 Å². The van der Waals surface area contributed by atoms with Gasteiger partial charge in [0.25, 0.3) is 0 Å². The molecule has 0 aliphatic carbocycles. The number of H-pyrrole nitrogens is 1. The maximum Gasteiger partial charge on any atom is 0.457 e. The summed E-state index contributed by atoms with van der Waals surface area (Å²) in [5, 5.41) is 10.7. The van der Waals surface area contributed by atoms with Crippen molar-refractivity contribution in [2.24, 2.45) is 0 Å². The summed E-state index contributed by atoms with van der Waals surface area (Å²) in [6.07, 6.45) is -3.45. The highest BCUT2D eigenvalue weighted by atomic mass is 19.4. The Balaban J connectivity index is 2.24. The number of hydrogen-bond donors (Lipinski definition) is 3. The third kappa shape index (κ3) is 3.25. The van der Waals surface area contributed by atoms with Crippen LogP contribution in [0.15, 0.2) is 30.5 Å². The Labute approximate surface area is 106 Å². The fraction of sp³-hybridized carbons (Fsp3) is 0.250. The molecule has 1 heterocycles. The van der Waals surface area contributed by atoms with Gasteiger partial charge in [-0.25, -0.2) is 5.32 Å². The second-order valence-corrected chi connectivity index (χ2v) is 4.10. The highest BCUT2D eigenvalue weighted by Crippen LogP contribution is 2.20. The highest BCUT2D eigenvalue weighted by Gasteiger charge is 2.34. The standard InChI is InChI=1S/C12H11F3N2O2/c13-12(14,15)17-10(11(18)19)5-7-6-16-9-4-2-1-3-8(7)9/h1-4,6,10,16-17H,5H2,(H,18,19). The second kappa shape index (κ2) is 4.93. The minimum atomic E-state index is -4.73. The number of alkyl halides is 3. The summed E-state index contributed by atoms with van der Waals surface area (Å²) in [7, 11) is 0. The molecule has 102 valence electrons. The van der Waals surface area contributed by atoms with Crippen molar-refractivity contribution in [2.75, 3.05) is 0 Å². The van der Waals surface area contributed by atoms with Crippen LogP contribution in [0.4, 0.5) is 13.2 Å². The molecule has 0 bridgehead atoms. The van der Waals surface area contributed by atoms with Crippen LogP contribution in [0.1, 0.15) is 5.56 Å². The molecule has 0 aliphatic rings. The number of hydrogen-bond acceptors (Lipinski definition) is 2. The van der Waals surface area contributed by atoms with Gasteiger partial charge in [-0.1, -0.05) is 18.2 Å². The van der Waals surface area contributed by atoms with E-state index in [1.807, 2.05) is 0 Å². The molecule has 3 N–H and O–H groups in total. The van der Waals surface area contributed by atoms with Gasteiger partial charge < -0.3 is 10.1 Å². The molecule has 1 unspecified atom stereocenters. The normalized spacial score (nSPS) is 13.6. The van der Waals surface area contributed by atoms with E-state index >= 15 is 0 Å². The van der Waals surface area contributed by atoms with E-state index in [0.29, 0.717) is 5.56 Å². The maximum absolute atomic E-state index is 12.2. The first-order valence-corrected chi connectivity index (χ1v) is 5.49. The molecule has 1 aromatic carbocycles. The van der Waals surface area contributed by atoms with Gasteiger partial charge in [0.05, 0.1) is 0 Å². The molecule has 19 heavy (non-hydrogen) atoms. The van der Waals surface area contributed by atoms with Gasteiger partial charge in [-0.2, -0.15) is 13.2 Å². The Bertz CT molecular complexity index is 592. The van der Waals surface area contributed by atoms with Gasteiger partial charge in [0, 0.05) is 23.5 Å². The lowest BCUT2D eigenvalue weighted by Gasteiger charge is -2.16. The van der Waals surface area contributed by atoms with Gasteiger partial charge in [0.2, 0.25) is 0 Å². The lowest BCUT2D eigenvalue weighted by Crippen LogP contribution is -2.46. The van der Waals surface area contributed by atoms with Gasteiger partial charge in [-0.15, -0.1) is 0 Å². The molecule has 1 atom stereocenters. The molecule has 0 saturated carbocycles. The number of nitrogens with one attached hydrogen (secondary N) is 2. The Kier molecular flexibility index (Phi) is 3.48. The lowest BCUT2D eigenvalue weighted by molar-refractivity contribution is -0.174. The van der Waals surface area contributed by atoms with E-state index < -0.39 is 18.3 Å². The molecule has 0 saturated heterocycles. The van der Waals surface area contributed by atoms with Gasteiger partial charge in [-0.05, 0) is 11.6 Å². The van der Waals surface area contributed by atoms with Gasteiger partial charge in [-0.3, -0.25) is 4.79 Å². The molecule has 7 heteroatoms. The molecule has 2 aromatic rings. The number of fused-ring (bicyclic) bond motifs is 1. The van der Waals surface area contributed by atoms with E-state index in [4.69, 9.17) is 5.11 Å². The Morgan fingerprint density at radius 1 is 1.37 bits per heavy atom. The number of aliphatic carboxylic acids is 1. The SMILES string of the molecule is O=C(O)C(Cc1c[nH]c2ccccc12)NC(F)(F)F. The van der Waals surface area contributed by atoms with Crippen LogP contribution in [-0.4, -0.2) is 28.4 Å². The zero-order valence-electron chi connectivity index (χ0n) is 9.66. The molecule has 0 amide bonds. The molecule has 4 nitrogen and oxygen atoms in total. The number of rotatable bonds is 4. The monoisotopic (exact) mass is 272 g/mol. The van der Waals surface area contributed by atoms with Crippen molar-refractivity contribution in [2.45, 2.75) is 18.8 Å². The number of benzene rings is 1. The molecule has 0 aliphatic heterocycles. The maximum atomic E-state index is 12.2. The van der Waals surface area contributed by atoms with Crippen molar-refractivity contribution in [3.63, 3.8) is 0 Å². The molecule has 0 fully saturated rings. The average Bonchev–Trinajstić information content (AvgIpc) is 2.70. The van der Waals surface area contributed by atoms with Crippen LogP contribution in [0, 0.1) is 0 Å². The van der Waals surface area contributed by atoms with E-state index in [2.05, 4.69) is 4.98 Å². The smallest absolute Gasteiger partial charge is 0.457 e. The van der Waals surface area contributed by atoms with Crippen LogP contribution < -0.4 is 5.32 Å². The molecule has 0 radical (unpaired) electrons. The second-order valence-electron chi connectivity index (χ2n) is 4.10. The summed E-state index contributed by atoms with van der Waals surface area (Å²) in [4.78, 5) is 13.8. The minimum Gasteiger partial charge on any atom is -0.480 e. The third-order valence-electron chi connectivity index (χ3n) is 2.73. The first kappa shape index (κ1) is 13.4. The summed E-state index contributed by atoms with van der Waals surface area (Å²) in [6.45, 7) is 0. The first-order chi connectivity index (χ1) is 8.87. The van der Waals surface area contributed by atoms with Crippen LogP contribution in [0.25, 0.3) is 10.9 Å². The lowest BCUT2D eigenvalue weighted by atomic mass is 10.1. The van der Waals surface area contributed by atoms with Gasteiger partial charge in [0.1, 0.15) is 6.04 Å². The third-order valence-corrected chi connectivity index (χ3v) is 2.73. The summed E-state index contributed by atoms with van der Waals surface area (Å²) in [6, 6.07) is 5.32. The summed E-state index contributed by atoms with van der Waals surface area (Å²) in [5.41, 5.74) is 1.29. The first-order valence-electron chi connectivity index (χ1n) is 5.49. The number of carboxylic acids is 1. The van der Waals surface area contributed by atoms with Gasteiger partial charge >= 0.3 is 12.3 Å². The Hall–Kier alpha value is -2.02. The fourth-order valence-electron chi connectivity index (χ4n) is 1.92. The molecule has 2 rings (SSSR count). The van der Waals surface area contributed by atoms with Crippen LogP contribution >= 0.6 is 0 Å². The number of aromatic amines is 1. The molecule has 0 spiro atoms. The molecule has 1 aromatic heterocycles. The Morgan fingerprint density at radius 3 is 2.68 bits per heavy atom. The van der Waals surface area contributed by atoms with E-state index in [-0.39, 0.29) is 6.42 Å². The van der Waals surface area contributed by atoms with Crippen LogP contribution in [-0.2, 0) is 11.2 Å². The van der Waals surface area contributed by atoms with Crippen LogP contribution in [0.3, 0.4) is 0 Å². The highest BCUT2D eigenvalue weighted by molar-refractivity contribution is 5.84. The van der Waals surface area contributed by atoms with Gasteiger partial charge in [0.15, 0.2) is 0 Å². The van der Waals surface area contributed by atoms with Crippen molar-refractivity contribution < 1.29 is 23.1 Å². The topological polar surface area (TPSA) is 65.1 Å². The summed E-state index contributed by atoms with van der Waals surface area (Å²) in [5.74, 6) is -1.54. The largest absolute Gasteiger partial charge is 0.480 e. The van der Waals surface area contributed by atoms with Crippen LogP contribution in [0.5, 0.6) is 0 Å². The number of carboxylic acid groups (broad SMARTS) is 1. The number of halogens is 3. The quantitative estimate of drug-likeness (QED) is 0.748. The van der Waals surface area contributed by atoms with Crippen molar-refractivity contribution >= 4 is 16.9 Å². The van der Waals surface area contributed by atoms with Crippen molar-refractivity contribution in [3.8, 4) is 0 Å². The fourth-order valence-corrected chi connectivity index (χ4v) is 1.92. The zero-order chi connectivity index (χ0) is 14.0. The number of para-hydroxylation sites is 1. The minimum absolute atomic E-state index is 0.251. The summed E-state index contributed by atoms with van der Waals surface area (Å²) < 4.78 is 36.7. The average molecular weight is 272 g/mol. The van der Waals surface area contributed by atoms with Crippen molar-refractivity contribution in [1.82, 2.24) is 10.3 Å². The zero-order valence-corrected chi connectivity index (χ0v) is 9.66. The van der Waals surface area contributed by atoms with Crippen molar-refractivity contribution in [1.29, 1.82) is 0 Å².